The quantitative estimate of drug-likeness (QED) is 0.825. The summed E-state index contributed by atoms with van der Waals surface area (Å²) in [5, 5.41) is -0.334. The molecule has 1 saturated heterocycles. The first-order chi connectivity index (χ1) is 8.16. The average Bonchev–Trinajstić information content (AvgIpc) is 2.25. The topological polar surface area (TPSA) is 66.8 Å². The number of likely N-dealkylation sites (tertiary alicyclic amines) is 1. The number of amides is 1. The van der Waals surface area contributed by atoms with Gasteiger partial charge in [-0.1, -0.05) is 30.3 Å². The van der Waals surface area contributed by atoms with Gasteiger partial charge in [-0.25, -0.2) is 9.00 Å². The van der Waals surface area contributed by atoms with Crippen molar-refractivity contribution in [1.82, 2.24) is 4.90 Å². The van der Waals surface area contributed by atoms with Crippen molar-refractivity contribution in [2.45, 2.75) is 11.9 Å². The lowest BCUT2D eigenvalue weighted by atomic mass is 10.2. The molecule has 0 spiro atoms. The van der Waals surface area contributed by atoms with E-state index in [1.54, 1.807) is 0 Å². The first-order valence-corrected chi connectivity index (χ1v) is 6.39. The van der Waals surface area contributed by atoms with E-state index in [1.807, 2.05) is 30.3 Å². The van der Waals surface area contributed by atoms with Crippen LogP contribution in [0.1, 0.15) is 5.56 Å². The summed E-state index contributed by atoms with van der Waals surface area (Å²) >= 11 is -1.85. The Kier molecular flexibility index (Phi) is 3.75. The number of rotatable bonds is 3. The molecule has 92 valence electrons. The maximum absolute atomic E-state index is 11.5. The molecule has 5 nitrogen and oxygen atoms in total. The van der Waals surface area contributed by atoms with Gasteiger partial charge >= 0.3 is 6.09 Å². The van der Waals surface area contributed by atoms with Crippen molar-refractivity contribution in [1.29, 1.82) is 0 Å². The van der Waals surface area contributed by atoms with Gasteiger partial charge in [0.2, 0.25) is 0 Å². The maximum Gasteiger partial charge on any atom is 0.410 e. The number of hydrogen-bond donors (Lipinski definition) is 1. The number of carbonyl (C=O) groups excluding carboxylic acids is 1. The fourth-order valence-corrected chi connectivity index (χ4v) is 2.14. The third-order valence-corrected chi connectivity index (χ3v) is 3.46. The van der Waals surface area contributed by atoms with Gasteiger partial charge < -0.3 is 14.2 Å². The Morgan fingerprint density at radius 3 is 2.65 bits per heavy atom. The molecule has 6 heteroatoms. The van der Waals surface area contributed by atoms with Gasteiger partial charge in [0.05, 0.1) is 5.25 Å². The highest BCUT2D eigenvalue weighted by molar-refractivity contribution is 7.80. The molecule has 1 heterocycles. The van der Waals surface area contributed by atoms with Crippen molar-refractivity contribution >= 4 is 17.2 Å². The Hall–Kier alpha value is -1.40. The second kappa shape index (κ2) is 5.29. The lowest BCUT2D eigenvalue weighted by molar-refractivity contribution is 0.0766. The third-order valence-electron chi connectivity index (χ3n) is 2.60. The molecule has 0 bridgehead atoms. The summed E-state index contributed by atoms with van der Waals surface area (Å²) in [6.45, 7) is 0.802. The predicted molar refractivity (Wildman–Crippen MR) is 62.8 cm³/mol. The average molecular weight is 255 g/mol. The molecule has 1 aliphatic rings. The molecule has 0 aromatic heterocycles. The van der Waals surface area contributed by atoms with Gasteiger partial charge in [0.1, 0.15) is 6.61 Å². The Morgan fingerprint density at radius 2 is 2.06 bits per heavy atom. The molecule has 1 fully saturated rings. The molecule has 17 heavy (non-hydrogen) atoms. The minimum atomic E-state index is -1.85. The van der Waals surface area contributed by atoms with Crippen LogP contribution in [0.2, 0.25) is 0 Å². The Balaban J connectivity index is 1.74. The van der Waals surface area contributed by atoms with Crippen LogP contribution in [0.4, 0.5) is 4.79 Å². The van der Waals surface area contributed by atoms with Gasteiger partial charge in [-0.3, -0.25) is 0 Å². The summed E-state index contributed by atoms with van der Waals surface area (Å²) in [7, 11) is 0. The van der Waals surface area contributed by atoms with E-state index in [-0.39, 0.29) is 24.9 Å². The van der Waals surface area contributed by atoms with Crippen molar-refractivity contribution in [2.75, 3.05) is 13.1 Å². The standard InChI is InChI=1S/C11H13NO4S/c13-11(12-6-10(7-12)17(14)15)16-8-9-4-2-1-3-5-9/h1-5,10H,6-8H2,(H,14,15). The molecular formula is C11H13NO4S. The second-order valence-electron chi connectivity index (χ2n) is 3.84. The van der Waals surface area contributed by atoms with E-state index in [9.17, 15) is 9.00 Å². The van der Waals surface area contributed by atoms with Gasteiger partial charge in [0, 0.05) is 13.1 Å². The molecule has 1 aromatic carbocycles. The van der Waals surface area contributed by atoms with E-state index >= 15 is 0 Å². The largest absolute Gasteiger partial charge is 0.445 e. The summed E-state index contributed by atoms with van der Waals surface area (Å²) < 4.78 is 24.5. The second-order valence-corrected chi connectivity index (χ2v) is 5.06. The molecule has 2 rings (SSSR count). The van der Waals surface area contributed by atoms with E-state index in [0.29, 0.717) is 0 Å². The van der Waals surface area contributed by atoms with Crippen molar-refractivity contribution in [3.05, 3.63) is 35.9 Å². The first kappa shape index (κ1) is 12.1. The SMILES string of the molecule is O=C(OCc1ccccc1)N1CC(S(=O)O)C1. The molecule has 1 amide bonds. The number of nitrogens with zero attached hydrogens (tertiary/aromatic N) is 1. The molecule has 0 saturated carbocycles. The summed E-state index contributed by atoms with van der Waals surface area (Å²) in [4.78, 5) is 12.9. The first-order valence-electron chi connectivity index (χ1n) is 5.22. The molecular weight excluding hydrogens is 242 g/mol. The van der Waals surface area contributed by atoms with Crippen LogP contribution in [-0.2, 0) is 22.4 Å². The third kappa shape index (κ3) is 3.04. The highest BCUT2D eigenvalue weighted by Gasteiger charge is 2.35. The fourth-order valence-electron chi connectivity index (χ4n) is 1.53. The van der Waals surface area contributed by atoms with Crippen LogP contribution >= 0.6 is 0 Å². The number of carbonyl (C=O) groups is 1. The van der Waals surface area contributed by atoms with E-state index < -0.39 is 17.2 Å². The molecule has 0 radical (unpaired) electrons. The normalized spacial score (nSPS) is 17.4. The van der Waals surface area contributed by atoms with Crippen LogP contribution in [0.15, 0.2) is 30.3 Å². The van der Waals surface area contributed by atoms with Gasteiger partial charge in [0.15, 0.2) is 11.1 Å². The van der Waals surface area contributed by atoms with Gasteiger partial charge in [-0.2, -0.15) is 0 Å². The van der Waals surface area contributed by atoms with Crippen LogP contribution in [0.5, 0.6) is 0 Å². The summed E-state index contributed by atoms with van der Waals surface area (Å²) in [6.07, 6.45) is -0.435. The Labute approximate surface area is 102 Å². The van der Waals surface area contributed by atoms with Crippen LogP contribution in [-0.4, -0.2) is 38.1 Å². The maximum atomic E-state index is 11.5. The van der Waals surface area contributed by atoms with Crippen LogP contribution < -0.4 is 0 Å². The predicted octanol–water partition coefficient (Wildman–Crippen LogP) is 1.23. The van der Waals surface area contributed by atoms with Crippen LogP contribution in [0.25, 0.3) is 0 Å². The van der Waals surface area contributed by atoms with Crippen LogP contribution in [0, 0.1) is 0 Å². The lowest BCUT2D eigenvalue weighted by Crippen LogP contribution is -2.55. The van der Waals surface area contributed by atoms with Crippen molar-refractivity contribution < 1.29 is 18.3 Å². The fraction of sp³-hybridized carbons (Fsp3) is 0.364. The lowest BCUT2D eigenvalue weighted by Gasteiger charge is -2.35. The molecule has 1 unspecified atom stereocenters. The van der Waals surface area contributed by atoms with Gasteiger partial charge in [-0.05, 0) is 5.56 Å². The van der Waals surface area contributed by atoms with Crippen LogP contribution in [0.3, 0.4) is 0 Å². The summed E-state index contributed by atoms with van der Waals surface area (Å²) in [5.74, 6) is 0. The molecule has 1 N–H and O–H groups in total. The van der Waals surface area contributed by atoms with Crippen molar-refractivity contribution in [3.8, 4) is 0 Å². The van der Waals surface area contributed by atoms with E-state index in [0.717, 1.165) is 5.56 Å². The van der Waals surface area contributed by atoms with Crippen molar-refractivity contribution in [2.24, 2.45) is 0 Å². The molecule has 1 aromatic rings. The van der Waals surface area contributed by atoms with E-state index in [2.05, 4.69) is 0 Å². The highest BCUT2D eigenvalue weighted by atomic mass is 32.2. The Bertz CT molecular complexity index is 417. The number of hydrogen-bond acceptors (Lipinski definition) is 3. The zero-order valence-electron chi connectivity index (χ0n) is 9.11. The smallest absolute Gasteiger partial charge is 0.410 e. The van der Waals surface area contributed by atoms with E-state index in [4.69, 9.17) is 9.29 Å². The minimum absolute atomic E-state index is 0.225. The Morgan fingerprint density at radius 1 is 1.41 bits per heavy atom. The summed E-state index contributed by atoms with van der Waals surface area (Å²) in [6, 6.07) is 9.38. The monoisotopic (exact) mass is 255 g/mol. The van der Waals surface area contributed by atoms with Crippen molar-refractivity contribution in [3.63, 3.8) is 0 Å². The zero-order chi connectivity index (χ0) is 12.3. The molecule has 1 aliphatic heterocycles. The van der Waals surface area contributed by atoms with Gasteiger partial charge in [-0.15, -0.1) is 0 Å². The van der Waals surface area contributed by atoms with E-state index in [1.165, 1.54) is 4.90 Å². The number of ether oxygens (including phenoxy) is 1. The highest BCUT2D eigenvalue weighted by Crippen LogP contribution is 2.14. The molecule has 0 aliphatic carbocycles. The summed E-state index contributed by atoms with van der Waals surface area (Å²) in [5.41, 5.74) is 0.920. The number of benzene rings is 1. The van der Waals surface area contributed by atoms with Gasteiger partial charge in [0.25, 0.3) is 0 Å². The zero-order valence-corrected chi connectivity index (χ0v) is 9.93. The minimum Gasteiger partial charge on any atom is -0.445 e. The molecule has 1 atom stereocenters.